The maximum absolute atomic E-state index is 14.2. The molecule has 2 aliphatic rings. The van der Waals surface area contributed by atoms with E-state index < -0.39 is 22.1 Å². The molecule has 1 aliphatic carbocycles. The summed E-state index contributed by atoms with van der Waals surface area (Å²) in [5.41, 5.74) is -0.388. The van der Waals surface area contributed by atoms with Crippen molar-refractivity contribution in [3.63, 3.8) is 0 Å². The van der Waals surface area contributed by atoms with Gasteiger partial charge in [-0.2, -0.15) is 0 Å². The number of likely N-dealkylation sites (tertiary alicyclic amines) is 1. The Kier molecular flexibility index (Phi) is 8.07. The molecule has 13 heteroatoms. The number of ketones is 1. The van der Waals surface area contributed by atoms with Crippen LogP contribution >= 0.6 is 23.2 Å². The Bertz CT molecular complexity index is 1570. The van der Waals surface area contributed by atoms with E-state index in [1.54, 1.807) is 0 Å². The predicted octanol–water partition coefficient (Wildman–Crippen LogP) is 4.53. The summed E-state index contributed by atoms with van der Waals surface area (Å²) in [7, 11) is 0. The van der Waals surface area contributed by atoms with Crippen LogP contribution in [-0.4, -0.2) is 58.4 Å². The van der Waals surface area contributed by atoms with Crippen molar-refractivity contribution >= 4 is 51.5 Å². The van der Waals surface area contributed by atoms with Crippen LogP contribution in [0.2, 0.25) is 10.0 Å². The Morgan fingerprint density at radius 3 is 2.50 bits per heavy atom. The van der Waals surface area contributed by atoms with Crippen molar-refractivity contribution in [3.05, 3.63) is 78.3 Å². The van der Waals surface area contributed by atoms with Crippen LogP contribution in [0.3, 0.4) is 0 Å². The number of hydrogen-bond donors (Lipinski definition) is 1. The maximum atomic E-state index is 14.2. The molecule has 0 bridgehead atoms. The van der Waals surface area contributed by atoms with Crippen molar-refractivity contribution in [3.8, 4) is 5.75 Å². The van der Waals surface area contributed by atoms with E-state index in [1.165, 1.54) is 30.5 Å². The van der Waals surface area contributed by atoms with E-state index in [1.807, 2.05) is 9.47 Å². The molecule has 2 aromatic carbocycles. The highest BCUT2D eigenvalue weighted by Crippen LogP contribution is 2.37. The van der Waals surface area contributed by atoms with Crippen LogP contribution in [0.15, 0.2) is 41.3 Å². The number of amides is 1. The molecule has 0 spiro atoms. The van der Waals surface area contributed by atoms with Crippen LogP contribution < -0.4 is 15.5 Å². The molecule has 0 radical (unpaired) electrons. The number of aromatic nitrogens is 1. The summed E-state index contributed by atoms with van der Waals surface area (Å²) >= 11 is 11.7. The zero-order valence-electron chi connectivity index (χ0n) is 21.2. The fraction of sp³-hybridized carbons (Fsp3) is 0.370. The average Bonchev–Trinajstić information content (AvgIpc) is 3.76. The van der Waals surface area contributed by atoms with Gasteiger partial charge in [0.05, 0.1) is 28.1 Å². The van der Waals surface area contributed by atoms with Crippen LogP contribution in [0.5, 0.6) is 5.75 Å². The van der Waals surface area contributed by atoms with Gasteiger partial charge in [0.15, 0.2) is 5.78 Å². The Balaban J connectivity index is 1.16. The summed E-state index contributed by atoms with van der Waals surface area (Å²) in [6.45, 7) is 0.950. The summed E-state index contributed by atoms with van der Waals surface area (Å²) in [6, 6.07) is 6.41. The zero-order chi connectivity index (χ0) is 28.6. The molecular weight excluding hydrogens is 566 g/mol. The Morgan fingerprint density at radius 2 is 1.82 bits per heavy atom. The van der Waals surface area contributed by atoms with Crippen LogP contribution in [0.25, 0.3) is 10.9 Å². The zero-order valence-corrected chi connectivity index (χ0v) is 22.7. The molecule has 1 aromatic heterocycles. The lowest BCUT2D eigenvalue weighted by molar-refractivity contribution is -0.384. The fourth-order valence-corrected chi connectivity index (χ4v) is 5.18. The van der Waals surface area contributed by atoms with Gasteiger partial charge in [-0.15, -0.1) is 0 Å². The summed E-state index contributed by atoms with van der Waals surface area (Å²) in [6.07, 6.45) is 4.47. The lowest BCUT2D eigenvalue weighted by atomic mass is 10.0. The smallest absolute Gasteiger partial charge is 0.291 e. The lowest BCUT2D eigenvalue weighted by Gasteiger charge is -2.31. The molecule has 1 N–H and O–H groups in total. The molecular formula is C27H25Cl2FN4O6. The van der Waals surface area contributed by atoms with Crippen molar-refractivity contribution in [1.82, 2.24) is 14.8 Å². The second kappa shape index (κ2) is 11.5. The third-order valence-corrected chi connectivity index (χ3v) is 7.71. The number of rotatable bonds is 9. The number of piperidine rings is 1. The number of benzene rings is 2. The van der Waals surface area contributed by atoms with Gasteiger partial charge in [0, 0.05) is 36.8 Å². The Morgan fingerprint density at radius 1 is 1.10 bits per heavy atom. The minimum atomic E-state index is -0.715. The van der Waals surface area contributed by atoms with Crippen molar-refractivity contribution < 1.29 is 23.6 Å². The van der Waals surface area contributed by atoms with E-state index in [0.29, 0.717) is 31.4 Å². The maximum Gasteiger partial charge on any atom is 0.291 e. The first-order chi connectivity index (χ1) is 19.1. The first-order valence-electron chi connectivity index (χ1n) is 12.8. The number of carbonyl (C=O) groups excluding carboxylic acids is 2. The van der Waals surface area contributed by atoms with Gasteiger partial charge in [0.2, 0.25) is 5.43 Å². The highest BCUT2D eigenvalue weighted by Gasteiger charge is 2.29. The van der Waals surface area contributed by atoms with Crippen molar-refractivity contribution in [1.29, 1.82) is 0 Å². The number of carbonyl (C=O) groups is 2. The molecule has 0 unspecified atom stereocenters. The molecule has 1 saturated heterocycles. The van der Waals surface area contributed by atoms with Crippen molar-refractivity contribution in [2.75, 3.05) is 26.2 Å². The SMILES string of the molecule is O=C(COc1ccc(Cl)c([N+](=O)[O-])c1)CN1CCC(NC(=O)c2cn(C3CC3)c3cc(Cl)c(F)cc3c2=O)CC1. The van der Waals surface area contributed by atoms with Gasteiger partial charge in [-0.1, -0.05) is 23.2 Å². The number of pyridine rings is 1. The second-order valence-electron chi connectivity index (χ2n) is 10.0. The van der Waals surface area contributed by atoms with E-state index in [0.717, 1.165) is 18.9 Å². The van der Waals surface area contributed by atoms with Crippen LogP contribution in [0.1, 0.15) is 42.1 Å². The van der Waals surface area contributed by atoms with E-state index in [2.05, 4.69) is 5.32 Å². The molecule has 5 rings (SSSR count). The highest BCUT2D eigenvalue weighted by molar-refractivity contribution is 6.32. The third-order valence-electron chi connectivity index (χ3n) is 7.10. The quantitative estimate of drug-likeness (QED) is 0.287. The molecule has 1 amide bonds. The minimum Gasteiger partial charge on any atom is -0.486 e. The van der Waals surface area contributed by atoms with Gasteiger partial charge in [-0.25, -0.2) is 4.39 Å². The summed E-state index contributed by atoms with van der Waals surface area (Å²) in [5, 5.41) is 13.9. The highest BCUT2D eigenvalue weighted by atomic mass is 35.5. The standard InChI is InChI=1S/C27H25Cl2FN4O6/c28-21-4-3-18(9-25(21)34(38)39)40-14-17(35)12-32-7-5-15(6-8-32)31-27(37)20-13-33(16-1-2-16)24-11-22(29)23(30)10-19(24)26(20)36/h3-4,9-11,13,15-16H,1-2,5-8,12,14H2,(H,31,37). The Labute approximate surface area is 237 Å². The molecule has 3 aromatic rings. The minimum absolute atomic E-state index is 0.0216. The monoisotopic (exact) mass is 590 g/mol. The van der Waals surface area contributed by atoms with Crippen LogP contribution in [0, 0.1) is 15.9 Å². The molecule has 1 aliphatic heterocycles. The molecule has 2 fully saturated rings. The number of fused-ring (bicyclic) bond motifs is 1. The number of nitro benzene ring substituents is 1. The topological polar surface area (TPSA) is 124 Å². The van der Waals surface area contributed by atoms with Gasteiger partial charge < -0.3 is 14.6 Å². The van der Waals surface area contributed by atoms with Gasteiger partial charge in [0.1, 0.15) is 28.8 Å². The van der Waals surface area contributed by atoms with E-state index >= 15 is 0 Å². The normalized spacial score (nSPS) is 16.2. The predicted molar refractivity (Wildman–Crippen MR) is 147 cm³/mol. The van der Waals surface area contributed by atoms with E-state index in [-0.39, 0.29) is 63.5 Å². The second-order valence-corrected chi connectivity index (χ2v) is 10.8. The molecule has 2 heterocycles. The number of halogens is 3. The van der Waals surface area contributed by atoms with Gasteiger partial charge in [-0.3, -0.25) is 29.4 Å². The number of Topliss-reactive ketones (excluding diaryl/α,β-unsaturated/α-hetero) is 1. The van der Waals surface area contributed by atoms with E-state index in [9.17, 15) is 28.9 Å². The Hall–Kier alpha value is -3.54. The molecule has 40 heavy (non-hydrogen) atoms. The molecule has 210 valence electrons. The number of nitro groups is 1. The average molecular weight is 591 g/mol. The van der Waals surface area contributed by atoms with Crippen LogP contribution in [-0.2, 0) is 4.79 Å². The summed E-state index contributed by atoms with van der Waals surface area (Å²) in [5.74, 6) is -1.26. The molecule has 10 nitrogen and oxygen atoms in total. The fourth-order valence-electron chi connectivity index (χ4n) is 4.84. The van der Waals surface area contributed by atoms with Gasteiger partial charge in [0.25, 0.3) is 11.6 Å². The van der Waals surface area contributed by atoms with Crippen molar-refractivity contribution in [2.45, 2.75) is 37.8 Å². The number of nitrogens with one attached hydrogen (secondary N) is 1. The summed E-state index contributed by atoms with van der Waals surface area (Å²) < 4.78 is 21.4. The summed E-state index contributed by atoms with van der Waals surface area (Å²) in [4.78, 5) is 51.0. The first kappa shape index (κ1) is 28.0. The van der Waals surface area contributed by atoms with Crippen molar-refractivity contribution in [2.24, 2.45) is 0 Å². The molecule has 1 saturated carbocycles. The number of hydrogen-bond acceptors (Lipinski definition) is 7. The van der Waals surface area contributed by atoms with Crippen LogP contribution in [0.4, 0.5) is 10.1 Å². The van der Waals surface area contributed by atoms with E-state index in [4.69, 9.17) is 27.9 Å². The first-order valence-corrected chi connectivity index (χ1v) is 13.5. The number of ether oxygens (including phenoxy) is 1. The molecule has 0 atom stereocenters. The third kappa shape index (κ3) is 6.11. The van der Waals surface area contributed by atoms with Gasteiger partial charge >= 0.3 is 0 Å². The number of nitrogens with zero attached hydrogens (tertiary/aromatic N) is 3. The largest absolute Gasteiger partial charge is 0.486 e. The van der Waals surface area contributed by atoms with Gasteiger partial charge in [-0.05, 0) is 49.9 Å². The lowest BCUT2D eigenvalue weighted by Crippen LogP contribution is -2.47.